The number of carbonyl (C=O) groups excluding carboxylic acids is 1. The molecule has 7 heteroatoms. The Hall–Kier alpha value is -2.02. The van der Waals surface area contributed by atoms with Crippen LogP contribution in [0.4, 0.5) is 0 Å². The zero-order chi connectivity index (χ0) is 18.9. The summed E-state index contributed by atoms with van der Waals surface area (Å²) in [6, 6.07) is 3.98. The van der Waals surface area contributed by atoms with Crippen molar-refractivity contribution in [1.29, 1.82) is 0 Å². The van der Waals surface area contributed by atoms with E-state index in [1.165, 1.54) is 0 Å². The van der Waals surface area contributed by atoms with Crippen molar-refractivity contribution in [1.82, 2.24) is 15.1 Å². The number of nitrogens with one attached hydrogen (secondary N) is 1. The molecule has 1 aromatic rings. The summed E-state index contributed by atoms with van der Waals surface area (Å²) in [5, 5.41) is 3.37. The van der Waals surface area contributed by atoms with E-state index in [0.717, 1.165) is 44.2 Å². The van der Waals surface area contributed by atoms with E-state index in [4.69, 9.17) is 14.1 Å². The Morgan fingerprint density at radius 2 is 2.15 bits per heavy atom. The fourth-order valence-corrected chi connectivity index (χ4v) is 3.17. The van der Waals surface area contributed by atoms with Gasteiger partial charge in [0.05, 0.1) is 31.4 Å². The SMILES string of the molecule is CCNC(=NCC(c1ccco1)N(C)C)N1CCC(C(=O)OCC)CC1. The molecule has 0 bridgehead atoms. The highest BCUT2D eigenvalue weighted by molar-refractivity contribution is 5.80. The lowest BCUT2D eigenvalue weighted by Crippen LogP contribution is -2.47. The van der Waals surface area contributed by atoms with Crippen LogP contribution in [0.15, 0.2) is 27.8 Å². The fourth-order valence-electron chi connectivity index (χ4n) is 3.17. The zero-order valence-corrected chi connectivity index (χ0v) is 16.4. The lowest BCUT2D eigenvalue weighted by atomic mass is 9.97. The summed E-state index contributed by atoms with van der Waals surface area (Å²) in [6.07, 6.45) is 3.30. The van der Waals surface area contributed by atoms with Gasteiger partial charge in [0.15, 0.2) is 5.96 Å². The van der Waals surface area contributed by atoms with E-state index in [1.54, 1.807) is 6.26 Å². The second-order valence-electron chi connectivity index (χ2n) is 6.70. The number of aliphatic imine (C=N–C) groups is 1. The average molecular weight is 364 g/mol. The Morgan fingerprint density at radius 1 is 1.42 bits per heavy atom. The number of likely N-dealkylation sites (N-methyl/N-ethyl adjacent to an activating group) is 1. The van der Waals surface area contributed by atoms with E-state index in [9.17, 15) is 4.79 Å². The number of likely N-dealkylation sites (tertiary alicyclic amines) is 1. The van der Waals surface area contributed by atoms with Gasteiger partial charge in [-0.3, -0.25) is 14.7 Å². The minimum atomic E-state index is -0.0698. The van der Waals surface area contributed by atoms with Gasteiger partial charge in [-0.15, -0.1) is 0 Å². The molecule has 1 aliphatic heterocycles. The molecule has 0 amide bonds. The van der Waals surface area contributed by atoms with Crippen LogP contribution < -0.4 is 5.32 Å². The molecule has 146 valence electrons. The maximum atomic E-state index is 11.9. The van der Waals surface area contributed by atoms with E-state index >= 15 is 0 Å². The summed E-state index contributed by atoms with van der Waals surface area (Å²) in [5.74, 6) is 1.75. The molecule has 1 unspecified atom stereocenters. The molecule has 26 heavy (non-hydrogen) atoms. The van der Waals surface area contributed by atoms with Crippen LogP contribution in [0.2, 0.25) is 0 Å². The minimum absolute atomic E-state index is 0.00622. The molecule has 0 aromatic carbocycles. The number of rotatable bonds is 7. The first-order valence-corrected chi connectivity index (χ1v) is 9.46. The van der Waals surface area contributed by atoms with Crippen LogP contribution in [0.25, 0.3) is 0 Å². The average Bonchev–Trinajstić information content (AvgIpc) is 3.15. The largest absolute Gasteiger partial charge is 0.468 e. The predicted octanol–water partition coefficient (Wildman–Crippen LogP) is 2.12. The molecule has 0 aliphatic carbocycles. The molecule has 1 fully saturated rings. The highest BCUT2D eigenvalue weighted by atomic mass is 16.5. The standard InChI is InChI=1S/C19H32N4O3/c1-5-20-19(21-14-16(22(3)4)17-8-7-13-26-17)23-11-9-15(10-12-23)18(24)25-6-2/h7-8,13,15-16H,5-6,9-12,14H2,1-4H3,(H,20,21). The maximum absolute atomic E-state index is 11.9. The summed E-state index contributed by atoms with van der Waals surface area (Å²) < 4.78 is 10.7. The first-order chi connectivity index (χ1) is 12.6. The molecule has 7 nitrogen and oxygen atoms in total. The Kier molecular flexibility index (Phi) is 7.97. The lowest BCUT2D eigenvalue weighted by Gasteiger charge is -2.33. The lowest BCUT2D eigenvalue weighted by molar-refractivity contribution is -0.149. The van der Waals surface area contributed by atoms with E-state index in [-0.39, 0.29) is 17.9 Å². The van der Waals surface area contributed by atoms with Crippen molar-refractivity contribution in [3.05, 3.63) is 24.2 Å². The minimum Gasteiger partial charge on any atom is -0.468 e. The van der Waals surface area contributed by atoms with Gasteiger partial charge in [-0.05, 0) is 52.9 Å². The Labute approximate surface area is 156 Å². The number of hydrogen-bond donors (Lipinski definition) is 1. The van der Waals surface area contributed by atoms with Gasteiger partial charge in [0.1, 0.15) is 5.76 Å². The first-order valence-electron chi connectivity index (χ1n) is 9.46. The molecular weight excluding hydrogens is 332 g/mol. The van der Waals surface area contributed by atoms with E-state index in [1.807, 2.05) is 33.2 Å². The Balaban J connectivity index is 1.99. The second kappa shape index (κ2) is 10.2. The molecule has 0 spiro atoms. The van der Waals surface area contributed by atoms with Gasteiger partial charge in [0.25, 0.3) is 0 Å². The molecule has 1 saturated heterocycles. The summed E-state index contributed by atoms with van der Waals surface area (Å²) in [6.45, 7) is 7.40. The monoisotopic (exact) mass is 364 g/mol. The number of carbonyl (C=O) groups is 1. The number of furan rings is 1. The highest BCUT2D eigenvalue weighted by Gasteiger charge is 2.27. The van der Waals surface area contributed by atoms with E-state index in [0.29, 0.717) is 13.2 Å². The molecule has 1 aliphatic rings. The number of ether oxygens (including phenoxy) is 1. The topological polar surface area (TPSA) is 70.3 Å². The Bertz CT molecular complexity index is 563. The van der Waals surface area contributed by atoms with Gasteiger partial charge < -0.3 is 19.4 Å². The van der Waals surface area contributed by atoms with Crippen molar-refractivity contribution in [2.75, 3.05) is 46.9 Å². The molecular formula is C19H32N4O3. The van der Waals surface area contributed by atoms with Gasteiger partial charge in [-0.25, -0.2) is 0 Å². The zero-order valence-electron chi connectivity index (χ0n) is 16.4. The summed E-state index contributed by atoms with van der Waals surface area (Å²) in [4.78, 5) is 21.1. The van der Waals surface area contributed by atoms with Gasteiger partial charge in [0, 0.05) is 19.6 Å². The van der Waals surface area contributed by atoms with Crippen LogP contribution in [0, 0.1) is 5.92 Å². The molecule has 0 radical (unpaired) electrons. The smallest absolute Gasteiger partial charge is 0.309 e. The van der Waals surface area contributed by atoms with Gasteiger partial charge in [0.2, 0.25) is 0 Å². The Morgan fingerprint density at radius 3 is 2.69 bits per heavy atom. The molecule has 2 heterocycles. The quantitative estimate of drug-likeness (QED) is 0.454. The second-order valence-corrected chi connectivity index (χ2v) is 6.70. The number of piperidine rings is 1. The summed E-state index contributed by atoms with van der Waals surface area (Å²) in [5.41, 5.74) is 0. The van der Waals surface area contributed by atoms with Crippen molar-refractivity contribution < 1.29 is 13.9 Å². The number of guanidine groups is 1. The fraction of sp³-hybridized carbons (Fsp3) is 0.684. The van der Waals surface area contributed by atoms with Gasteiger partial charge in [-0.1, -0.05) is 0 Å². The van der Waals surface area contributed by atoms with Crippen molar-refractivity contribution in [2.24, 2.45) is 10.9 Å². The molecule has 1 aromatic heterocycles. The van der Waals surface area contributed by atoms with Crippen LogP contribution in [0.5, 0.6) is 0 Å². The van der Waals surface area contributed by atoms with E-state index < -0.39 is 0 Å². The number of nitrogens with zero attached hydrogens (tertiary/aromatic N) is 3. The third kappa shape index (κ3) is 5.49. The first kappa shape index (κ1) is 20.3. The molecule has 2 rings (SSSR count). The van der Waals surface area contributed by atoms with Crippen LogP contribution in [0.3, 0.4) is 0 Å². The molecule has 0 saturated carbocycles. The molecule has 1 atom stereocenters. The van der Waals surface area contributed by atoms with Crippen LogP contribution in [0.1, 0.15) is 38.5 Å². The van der Waals surface area contributed by atoms with Crippen molar-refractivity contribution in [3.63, 3.8) is 0 Å². The third-order valence-corrected chi connectivity index (χ3v) is 4.66. The van der Waals surface area contributed by atoms with Gasteiger partial charge >= 0.3 is 5.97 Å². The number of hydrogen-bond acceptors (Lipinski definition) is 5. The van der Waals surface area contributed by atoms with Gasteiger partial charge in [-0.2, -0.15) is 0 Å². The van der Waals surface area contributed by atoms with Crippen molar-refractivity contribution in [2.45, 2.75) is 32.7 Å². The summed E-state index contributed by atoms with van der Waals surface area (Å²) >= 11 is 0. The predicted molar refractivity (Wildman–Crippen MR) is 102 cm³/mol. The third-order valence-electron chi connectivity index (χ3n) is 4.66. The highest BCUT2D eigenvalue weighted by Crippen LogP contribution is 2.21. The van der Waals surface area contributed by atoms with Crippen molar-refractivity contribution in [3.8, 4) is 0 Å². The van der Waals surface area contributed by atoms with Crippen LogP contribution in [-0.4, -0.2) is 68.6 Å². The summed E-state index contributed by atoms with van der Waals surface area (Å²) in [7, 11) is 4.06. The maximum Gasteiger partial charge on any atom is 0.309 e. The number of esters is 1. The normalized spacial score (nSPS) is 17.4. The van der Waals surface area contributed by atoms with Crippen molar-refractivity contribution >= 4 is 11.9 Å². The van der Waals surface area contributed by atoms with E-state index in [2.05, 4.69) is 22.0 Å². The van der Waals surface area contributed by atoms with Crippen LogP contribution in [-0.2, 0) is 9.53 Å². The molecule has 1 N–H and O–H groups in total. The van der Waals surface area contributed by atoms with Crippen LogP contribution >= 0.6 is 0 Å².